The number of rotatable bonds is 5. The first kappa shape index (κ1) is 21.8. The molecule has 1 atom stereocenters. The number of aliphatic imine (C=N–C) groups is 1. The van der Waals surface area contributed by atoms with Crippen molar-refractivity contribution >= 4 is 40.1 Å². The van der Waals surface area contributed by atoms with Gasteiger partial charge in [-0.05, 0) is 54.4 Å². The van der Waals surface area contributed by atoms with E-state index < -0.39 is 0 Å². The summed E-state index contributed by atoms with van der Waals surface area (Å²) < 4.78 is 5.36. The molecule has 0 bridgehead atoms. The van der Waals surface area contributed by atoms with Gasteiger partial charge in [0, 0.05) is 21.7 Å². The van der Waals surface area contributed by atoms with Crippen molar-refractivity contribution in [2.24, 2.45) is 16.3 Å². The molecule has 4 rings (SSSR count). The zero-order chi connectivity index (χ0) is 22.0. The van der Waals surface area contributed by atoms with Crippen molar-refractivity contribution < 1.29 is 9.21 Å². The third-order valence-corrected chi connectivity index (χ3v) is 7.43. The summed E-state index contributed by atoms with van der Waals surface area (Å²) in [6, 6.07) is 11.3. The molecule has 0 aliphatic heterocycles. The summed E-state index contributed by atoms with van der Waals surface area (Å²) in [7, 11) is 0. The first-order chi connectivity index (χ1) is 14.8. The standard InChI is InChI=1S/C25H27ClN2O2S/c1-25(2,3)17-10-11-19-21(13-17)31-24(28-14-16-7-4-5-9-20(16)26)22(19)23(29)27-15-18-8-6-12-30-18/h4-9,12,14,17H,10-11,13,15H2,1-3H3,(H,27,29)/t17-/m1/s1. The van der Waals surface area contributed by atoms with Crippen molar-refractivity contribution in [2.45, 2.75) is 46.6 Å². The molecule has 0 spiro atoms. The van der Waals surface area contributed by atoms with Crippen LogP contribution in [0.3, 0.4) is 0 Å². The molecular formula is C25H27ClN2O2S. The zero-order valence-corrected chi connectivity index (χ0v) is 19.6. The molecule has 1 N–H and O–H groups in total. The molecule has 4 nitrogen and oxygen atoms in total. The van der Waals surface area contributed by atoms with Gasteiger partial charge in [-0.3, -0.25) is 4.79 Å². The number of furan rings is 1. The van der Waals surface area contributed by atoms with Gasteiger partial charge >= 0.3 is 0 Å². The second kappa shape index (κ2) is 9.01. The number of amides is 1. The quantitative estimate of drug-likeness (QED) is 0.429. The third kappa shape index (κ3) is 4.94. The zero-order valence-electron chi connectivity index (χ0n) is 18.1. The van der Waals surface area contributed by atoms with E-state index in [4.69, 9.17) is 21.0 Å². The number of nitrogens with one attached hydrogen (secondary N) is 1. The summed E-state index contributed by atoms with van der Waals surface area (Å²) in [5.74, 6) is 1.22. The monoisotopic (exact) mass is 454 g/mol. The maximum Gasteiger partial charge on any atom is 0.255 e. The van der Waals surface area contributed by atoms with Gasteiger partial charge in [0.2, 0.25) is 0 Å². The molecule has 1 amide bonds. The third-order valence-electron chi connectivity index (χ3n) is 5.93. The maximum absolute atomic E-state index is 13.2. The van der Waals surface area contributed by atoms with E-state index in [0.29, 0.717) is 23.0 Å². The van der Waals surface area contributed by atoms with Crippen molar-refractivity contribution in [3.8, 4) is 0 Å². The average molecular weight is 455 g/mol. The Balaban J connectivity index is 1.66. The van der Waals surface area contributed by atoms with Crippen LogP contribution >= 0.6 is 22.9 Å². The van der Waals surface area contributed by atoms with E-state index in [2.05, 4.69) is 26.1 Å². The topological polar surface area (TPSA) is 54.6 Å². The number of hydrogen-bond donors (Lipinski definition) is 1. The van der Waals surface area contributed by atoms with Crippen LogP contribution in [-0.4, -0.2) is 12.1 Å². The van der Waals surface area contributed by atoms with Crippen LogP contribution < -0.4 is 5.32 Å². The number of fused-ring (bicyclic) bond motifs is 1. The first-order valence-corrected chi connectivity index (χ1v) is 11.8. The number of hydrogen-bond acceptors (Lipinski definition) is 4. The molecule has 0 fully saturated rings. The Labute approximate surface area is 192 Å². The lowest BCUT2D eigenvalue weighted by atomic mass is 9.72. The van der Waals surface area contributed by atoms with Crippen molar-refractivity contribution in [2.75, 3.05) is 0 Å². The van der Waals surface area contributed by atoms with Gasteiger partial charge in [-0.2, -0.15) is 0 Å². The molecule has 6 heteroatoms. The van der Waals surface area contributed by atoms with Gasteiger partial charge in [-0.15, -0.1) is 11.3 Å². The molecule has 0 saturated heterocycles. The molecule has 1 aromatic carbocycles. The molecule has 0 saturated carbocycles. The summed E-state index contributed by atoms with van der Waals surface area (Å²) in [4.78, 5) is 19.2. The number of carbonyl (C=O) groups excluding carboxylic acids is 1. The van der Waals surface area contributed by atoms with Crippen LogP contribution in [0.25, 0.3) is 0 Å². The van der Waals surface area contributed by atoms with Crippen LogP contribution in [0.2, 0.25) is 5.02 Å². The fraction of sp³-hybridized carbons (Fsp3) is 0.360. The van der Waals surface area contributed by atoms with E-state index in [9.17, 15) is 4.79 Å². The van der Waals surface area contributed by atoms with Crippen LogP contribution in [0.4, 0.5) is 5.00 Å². The van der Waals surface area contributed by atoms with Crippen LogP contribution in [0.15, 0.2) is 52.1 Å². The Morgan fingerprint density at radius 2 is 2.10 bits per heavy atom. The van der Waals surface area contributed by atoms with Gasteiger partial charge in [0.05, 0.1) is 18.4 Å². The molecule has 3 aromatic rings. The Hall–Kier alpha value is -2.37. The Bertz CT molecular complexity index is 1090. The second-order valence-electron chi connectivity index (χ2n) is 9.03. The van der Waals surface area contributed by atoms with Gasteiger partial charge in [0.15, 0.2) is 0 Å². The fourth-order valence-corrected chi connectivity index (χ4v) is 5.47. The van der Waals surface area contributed by atoms with Crippen LogP contribution in [0.5, 0.6) is 0 Å². The summed E-state index contributed by atoms with van der Waals surface area (Å²) in [5, 5.41) is 4.39. The molecule has 2 heterocycles. The van der Waals surface area contributed by atoms with Crippen LogP contribution in [-0.2, 0) is 19.4 Å². The summed E-state index contributed by atoms with van der Waals surface area (Å²) >= 11 is 7.93. The summed E-state index contributed by atoms with van der Waals surface area (Å²) in [5.41, 5.74) is 2.92. The fourth-order valence-electron chi connectivity index (χ4n) is 4.01. The lowest BCUT2D eigenvalue weighted by molar-refractivity contribution is 0.0947. The highest BCUT2D eigenvalue weighted by atomic mass is 35.5. The highest BCUT2D eigenvalue weighted by Gasteiger charge is 2.33. The van der Waals surface area contributed by atoms with Crippen LogP contribution in [0.1, 0.15) is 59.3 Å². The van der Waals surface area contributed by atoms with Crippen molar-refractivity contribution in [1.82, 2.24) is 5.32 Å². The molecule has 1 aliphatic carbocycles. The molecule has 162 valence electrons. The predicted molar refractivity (Wildman–Crippen MR) is 128 cm³/mol. The average Bonchev–Trinajstić information content (AvgIpc) is 3.37. The largest absolute Gasteiger partial charge is 0.467 e. The molecule has 2 aromatic heterocycles. The number of halogens is 1. The van der Waals surface area contributed by atoms with Gasteiger partial charge in [0.1, 0.15) is 10.8 Å². The Kier molecular flexibility index (Phi) is 6.35. The van der Waals surface area contributed by atoms with E-state index in [-0.39, 0.29) is 11.3 Å². The molecule has 0 unspecified atom stereocenters. The number of benzene rings is 1. The Morgan fingerprint density at radius 1 is 1.29 bits per heavy atom. The van der Waals surface area contributed by atoms with Crippen LogP contribution in [0, 0.1) is 11.3 Å². The number of nitrogens with zero attached hydrogens (tertiary/aromatic N) is 1. The smallest absolute Gasteiger partial charge is 0.255 e. The van der Waals surface area contributed by atoms with Gasteiger partial charge in [-0.1, -0.05) is 50.6 Å². The minimum atomic E-state index is -0.102. The maximum atomic E-state index is 13.2. The molecule has 0 radical (unpaired) electrons. The number of thiophene rings is 1. The van der Waals surface area contributed by atoms with Crippen molar-refractivity contribution in [3.63, 3.8) is 0 Å². The van der Waals surface area contributed by atoms with Crippen molar-refractivity contribution in [3.05, 3.63) is 75.0 Å². The van der Waals surface area contributed by atoms with Crippen molar-refractivity contribution in [1.29, 1.82) is 0 Å². The molecule has 31 heavy (non-hydrogen) atoms. The minimum Gasteiger partial charge on any atom is -0.467 e. The van der Waals surface area contributed by atoms with E-state index in [1.165, 1.54) is 4.88 Å². The normalized spacial score (nSPS) is 16.5. The number of carbonyl (C=O) groups is 1. The lowest BCUT2D eigenvalue weighted by Gasteiger charge is -2.33. The summed E-state index contributed by atoms with van der Waals surface area (Å²) in [6.07, 6.45) is 6.34. The van der Waals surface area contributed by atoms with E-state index in [1.54, 1.807) is 23.8 Å². The van der Waals surface area contributed by atoms with E-state index in [1.807, 2.05) is 36.4 Å². The van der Waals surface area contributed by atoms with Gasteiger partial charge < -0.3 is 9.73 Å². The van der Waals surface area contributed by atoms with Gasteiger partial charge in [-0.25, -0.2) is 4.99 Å². The van der Waals surface area contributed by atoms with E-state index in [0.717, 1.165) is 41.2 Å². The molecular weight excluding hydrogens is 428 g/mol. The van der Waals surface area contributed by atoms with E-state index >= 15 is 0 Å². The SMILES string of the molecule is CC(C)(C)[C@@H]1CCc2c(sc(N=Cc3ccccc3Cl)c2C(=O)NCc2ccco2)C1. The summed E-state index contributed by atoms with van der Waals surface area (Å²) in [6.45, 7) is 7.24. The first-order valence-electron chi connectivity index (χ1n) is 10.6. The lowest BCUT2D eigenvalue weighted by Crippen LogP contribution is -2.28. The molecule has 1 aliphatic rings. The highest BCUT2D eigenvalue weighted by molar-refractivity contribution is 7.16. The Morgan fingerprint density at radius 3 is 2.81 bits per heavy atom. The minimum absolute atomic E-state index is 0.102. The predicted octanol–water partition coefficient (Wildman–Crippen LogP) is 6.83. The second-order valence-corrected chi connectivity index (χ2v) is 10.5. The van der Waals surface area contributed by atoms with Gasteiger partial charge in [0.25, 0.3) is 5.91 Å². The highest BCUT2D eigenvalue weighted by Crippen LogP contribution is 2.45.